The predicted octanol–water partition coefficient (Wildman–Crippen LogP) is 5.63. The van der Waals surface area contributed by atoms with E-state index < -0.39 is 23.0 Å². The van der Waals surface area contributed by atoms with Crippen LogP contribution in [-0.4, -0.2) is 46.3 Å². The first kappa shape index (κ1) is 31.4. The highest BCUT2D eigenvalue weighted by Crippen LogP contribution is 2.28. The minimum absolute atomic E-state index is 0.0216. The molecule has 0 aromatic heterocycles. The third-order valence-corrected chi connectivity index (χ3v) is 7.31. The zero-order valence-electron chi connectivity index (χ0n) is 23.7. The number of phenolic OH excluding ortho intramolecular Hbond substituents is 1. The summed E-state index contributed by atoms with van der Waals surface area (Å²) in [5.74, 6) is -2.17. The number of nitrogens with one attached hydrogen (secondary N) is 3. The van der Waals surface area contributed by atoms with Gasteiger partial charge < -0.3 is 30.9 Å². The van der Waals surface area contributed by atoms with Gasteiger partial charge in [-0.25, -0.2) is 4.79 Å². The number of aromatic carboxylic acids is 1. The zero-order valence-corrected chi connectivity index (χ0v) is 24.6. The van der Waals surface area contributed by atoms with Crippen LogP contribution < -0.4 is 20.7 Å². The van der Waals surface area contributed by atoms with Crippen molar-refractivity contribution in [3.63, 3.8) is 0 Å². The second-order valence-electron chi connectivity index (χ2n) is 9.42. The van der Waals surface area contributed by atoms with E-state index in [-0.39, 0.29) is 22.9 Å². The molecule has 10 nitrogen and oxygen atoms in total. The molecule has 1 unspecified atom stereocenters. The molecule has 0 fully saturated rings. The first-order valence-corrected chi connectivity index (χ1v) is 14.2. The van der Waals surface area contributed by atoms with E-state index in [9.17, 15) is 24.3 Å². The van der Waals surface area contributed by atoms with Gasteiger partial charge in [-0.1, -0.05) is 24.3 Å². The molecule has 224 valence electrons. The monoisotopic (exact) mass is 611 g/mol. The Morgan fingerprint density at radius 3 is 2.23 bits per heavy atom. The molecule has 0 radical (unpaired) electrons. The Hall–Kier alpha value is -5.55. The third kappa shape index (κ3) is 8.49. The Morgan fingerprint density at radius 2 is 1.55 bits per heavy atom. The van der Waals surface area contributed by atoms with Crippen molar-refractivity contribution in [1.29, 1.82) is 0 Å². The maximum absolute atomic E-state index is 13.5. The highest BCUT2D eigenvalue weighted by molar-refractivity contribution is 8.00. The molecule has 4 aromatic rings. The van der Waals surface area contributed by atoms with Gasteiger partial charge in [0.15, 0.2) is 0 Å². The van der Waals surface area contributed by atoms with Gasteiger partial charge in [0.2, 0.25) is 5.91 Å². The standard InChI is InChI=1S/C33H29N3O7S/c1-20(30(38)34-24-14-11-22(12-15-24)33(41)42)44-27-10-6-9-25(18-27)35-32(40)28(36-31(39)21-7-4-3-5-8-21)17-23-13-16-26(37)19-29(23)43-2/h3-20,37H,1-2H3,(H,34,38)(H,35,40)(H,36,39)(H,41,42)/b28-17+. The van der Waals surface area contributed by atoms with E-state index in [0.29, 0.717) is 33.1 Å². The lowest BCUT2D eigenvalue weighted by molar-refractivity contribution is -0.115. The van der Waals surface area contributed by atoms with Crippen LogP contribution in [0.15, 0.2) is 108 Å². The molecular formula is C33H29N3O7S. The number of carboxylic acid groups (broad SMARTS) is 1. The van der Waals surface area contributed by atoms with Crippen LogP contribution in [-0.2, 0) is 9.59 Å². The molecule has 11 heteroatoms. The van der Waals surface area contributed by atoms with Gasteiger partial charge >= 0.3 is 5.97 Å². The summed E-state index contributed by atoms with van der Waals surface area (Å²) < 4.78 is 5.33. The number of thioether (sulfide) groups is 1. The average Bonchev–Trinajstić information content (AvgIpc) is 3.02. The van der Waals surface area contributed by atoms with E-state index >= 15 is 0 Å². The number of anilines is 2. The summed E-state index contributed by atoms with van der Waals surface area (Å²) in [4.78, 5) is 50.9. The summed E-state index contributed by atoms with van der Waals surface area (Å²) in [5.41, 5.74) is 1.74. The van der Waals surface area contributed by atoms with Gasteiger partial charge in [0.05, 0.1) is 17.9 Å². The summed E-state index contributed by atoms with van der Waals surface area (Å²) in [5, 5.41) is 26.6. The first-order valence-electron chi connectivity index (χ1n) is 13.3. The Morgan fingerprint density at radius 1 is 0.818 bits per heavy atom. The van der Waals surface area contributed by atoms with Crippen LogP contribution in [0.4, 0.5) is 11.4 Å². The van der Waals surface area contributed by atoms with Crippen LogP contribution in [0.5, 0.6) is 11.5 Å². The van der Waals surface area contributed by atoms with Crippen molar-refractivity contribution in [2.24, 2.45) is 0 Å². The van der Waals surface area contributed by atoms with Crippen molar-refractivity contribution < 1.29 is 34.1 Å². The number of hydrogen-bond donors (Lipinski definition) is 5. The van der Waals surface area contributed by atoms with Gasteiger partial charge in [-0.05, 0) is 79.7 Å². The Kier molecular flexibility index (Phi) is 10.4. The first-order chi connectivity index (χ1) is 21.1. The minimum atomic E-state index is -1.06. The fourth-order valence-corrected chi connectivity index (χ4v) is 4.89. The quantitative estimate of drug-likeness (QED) is 0.108. The molecular weight excluding hydrogens is 582 g/mol. The summed E-state index contributed by atoms with van der Waals surface area (Å²) in [7, 11) is 1.42. The molecule has 0 saturated carbocycles. The molecule has 0 aliphatic rings. The van der Waals surface area contributed by atoms with Gasteiger partial charge in [-0.3, -0.25) is 14.4 Å². The van der Waals surface area contributed by atoms with Gasteiger partial charge in [0.1, 0.15) is 17.2 Å². The Balaban J connectivity index is 1.50. The van der Waals surface area contributed by atoms with Gasteiger partial charge in [0, 0.05) is 33.5 Å². The molecule has 0 aliphatic heterocycles. The molecule has 44 heavy (non-hydrogen) atoms. The topological polar surface area (TPSA) is 154 Å². The van der Waals surface area contributed by atoms with E-state index in [1.54, 1.807) is 67.6 Å². The van der Waals surface area contributed by atoms with Crippen molar-refractivity contribution in [1.82, 2.24) is 5.32 Å². The number of rotatable bonds is 11. The zero-order chi connectivity index (χ0) is 31.6. The van der Waals surface area contributed by atoms with Gasteiger partial charge in [-0.2, -0.15) is 0 Å². The molecule has 0 spiro atoms. The number of benzene rings is 4. The van der Waals surface area contributed by atoms with Crippen LogP contribution in [0, 0.1) is 0 Å². The fourth-order valence-electron chi connectivity index (χ4n) is 3.96. The van der Waals surface area contributed by atoms with E-state index in [4.69, 9.17) is 9.84 Å². The van der Waals surface area contributed by atoms with Crippen LogP contribution in [0.1, 0.15) is 33.2 Å². The highest BCUT2D eigenvalue weighted by Gasteiger charge is 2.18. The van der Waals surface area contributed by atoms with Gasteiger partial charge in [-0.15, -0.1) is 11.8 Å². The van der Waals surface area contributed by atoms with Crippen molar-refractivity contribution in [3.8, 4) is 11.5 Å². The number of ether oxygens (including phenoxy) is 1. The summed E-state index contributed by atoms with van der Waals surface area (Å²) >= 11 is 1.26. The molecule has 5 N–H and O–H groups in total. The lowest BCUT2D eigenvalue weighted by Gasteiger charge is -2.14. The minimum Gasteiger partial charge on any atom is -0.508 e. The lowest BCUT2D eigenvalue weighted by Crippen LogP contribution is -2.30. The van der Waals surface area contributed by atoms with Crippen molar-refractivity contribution in [2.45, 2.75) is 17.1 Å². The predicted molar refractivity (Wildman–Crippen MR) is 169 cm³/mol. The highest BCUT2D eigenvalue weighted by atomic mass is 32.2. The van der Waals surface area contributed by atoms with Crippen LogP contribution in [0.25, 0.3) is 6.08 Å². The van der Waals surface area contributed by atoms with Crippen molar-refractivity contribution in [2.75, 3.05) is 17.7 Å². The van der Waals surface area contributed by atoms with Crippen LogP contribution in [0.2, 0.25) is 0 Å². The normalized spacial score (nSPS) is 11.6. The van der Waals surface area contributed by atoms with Crippen molar-refractivity contribution in [3.05, 3.63) is 119 Å². The molecule has 0 aliphatic carbocycles. The second kappa shape index (κ2) is 14.6. The van der Waals surface area contributed by atoms with E-state index in [0.717, 1.165) is 0 Å². The third-order valence-electron chi connectivity index (χ3n) is 6.22. The maximum atomic E-state index is 13.5. The molecule has 4 aromatic carbocycles. The average molecular weight is 612 g/mol. The van der Waals surface area contributed by atoms with E-state index in [1.165, 1.54) is 61.3 Å². The molecule has 0 bridgehead atoms. The molecule has 4 rings (SSSR count). The number of aromatic hydroxyl groups is 1. The number of amides is 3. The summed E-state index contributed by atoms with van der Waals surface area (Å²) in [6.07, 6.45) is 1.45. The molecule has 0 heterocycles. The van der Waals surface area contributed by atoms with Crippen LogP contribution in [0.3, 0.4) is 0 Å². The fraction of sp³-hybridized carbons (Fsp3) is 0.0909. The SMILES string of the molecule is COc1cc(O)ccc1/C=C(/NC(=O)c1ccccc1)C(=O)Nc1cccc(SC(C)C(=O)Nc2ccc(C(=O)O)cc2)c1. The molecule has 1 atom stereocenters. The van der Waals surface area contributed by atoms with Crippen molar-refractivity contribution >= 4 is 52.9 Å². The number of carboxylic acids is 1. The Labute approximate surface area is 257 Å². The van der Waals surface area contributed by atoms with Crippen LogP contribution >= 0.6 is 11.8 Å². The van der Waals surface area contributed by atoms with E-state index in [2.05, 4.69) is 16.0 Å². The molecule has 3 amide bonds. The molecule has 0 saturated heterocycles. The summed E-state index contributed by atoms with van der Waals surface area (Å²) in [6, 6.07) is 25.6. The smallest absolute Gasteiger partial charge is 0.335 e. The number of phenols is 1. The summed E-state index contributed by atoms with van der Waals surface area (Å²) in [6.45, 7) is 1.72. The maximum Gasteiger partial charge on any atom is 0.335 e. The number of carbonyl (C=O) groups excluding carboxylic acids is 3. The lowest BCUT2D eigenvalue weighted by atomic mass is 10.1. The Bertz CT molecular complexity index is 1710. The number of carbonyl (C=O) groups is 4. The number of hydrogen-bond acceptors (Lipinski definition) is 7. The van der Waals surface area contributed by atoms with Gasteiger partial charge in [0.25, 0.3) is 11.8 Å². The second-order valence-corrected chi connectivity index (χ2v) is 10.8. The van der Waals surface area contributed by atoms with E-state index in [1.807, 2.05) is 0 Å². The largest absolute Gasteiger partial charge is 0.508 e. The number of methoxy groups -OCH3 is 1.